The third-order valence-electron chi connectivity index (χ3n) is 2.98. The minimum atomic E-state index is -0.307. The summed E-state index contributed by atoms with van der Waals surface area (Å²) in [4.78, 5) is 17.6. The largest absolute Gasteiger partial charge is 0.298 e. The molecular weight excluding hydrogens is 319 g/mol. The first kappa shape index (κ1) is 15.0. The van der Waals surface area contributed by atoms with Crippen LogP contribution in [0.2, 0.25) is 0 Å². The van der Waals surface area contributed by atoms with E-state index in [-0.39, 0.29) is 11.7 Å². The lowest BCUT2D eigenvalue weighted by atomic mass is 10.2. The van der Waals surface area contributed by atoms with Gasteiger partial charge in [-0.3, -0.25) is 10.1 Å². The normalized spacial score (nSPS) is 10.8. The van der Waals surface area contributed by atoms with Gasteiger partial charge in [0.1, 0.15) is 5.82 Å². The van der Waals surface area contributed by atoms with Gasteiger partial charge < -0.3 is 0 Å². The standard InChI is InChI=1S/C16H13FN2OS2/c1-2-21-12-5-3-4-10(8-12)15(20)19-16-18-13-7-6-11(17)9-14(13)22-16/h3-9H,2H2,1H3,(H,18,19,20). The molecule has 0 radical (unpaired) electrons. The Kier molecular flexibility index (Phi) is 4.40. The SMILES string of the molecule is CCSc1cccc(C(=O)Nc2nc3ccc(F)cc3s2)c1. The van der Waals surface area contributed by atoms with Crippen molar-refractivity contribution in [1.82, 2.24) is 4.98 Å². The zero-order chi connectivity index (χ0) is 15.5. The number of hydrogen-bond acceptors (Lipinski definition) is 4. The van der Waals surface area contributed by atoms with Gasteiger partial charge in [0, 0.05) is 10.5 Å². The molecule has 0 spiro atoms. The Labute approximate surface area is 135 Å². The molecule has 1 amide bonds. The van der Waals surface area contributed by atoms with E-state index in [0.29, 0.717) is 20.9 Å². The molecule has 0 aliphatic carbocycles. The molecule has 1 aromatic heterocycles. The number of fused-ring (bicyclic) bond motifs is 1. The molecule has 0 saturated heterocycles. The molecular formula is C16H13FN2OS2. The van der Waals surface area contributed by atoms with Crippen LogP contribution in [0, 0.1) is 5.82 Å². The monoisotopic (exact) mass is 332 g/mol. The zero-order valence-electron chi connectivity index (χ0n) is 11.8. The third-order valence-corrected chi connectivity index (χ3v) is 4.79. The van der Waals surface area contributed by atoms with E-state index in [2.05, 4.69) is 17.2 Å². The molecule has 1 heterocycles. The lowest BCUT2D eigenvalue weighted by Gasteiger charge is -2.04. The number of carbonyl (C=O) groups excluding carboxylic acids is 1. The van der Waals surface area contributed by atoms with Crippen molar-refractivity contribution in [3.8, 4) is 0 Å². The van der Waals surface area contributed by atoms with Crippen LogP contribution in [0.3, 0.4) is 0 Å². The lowest BCUT2D eigenvalue weighted by molar-refractivity contribution is 0.102. The van der Waals surface area contributed by atoms with Gasteiger partial charge in [0.05, 0.1) is 10.2 Å². The summed E-state index contributed by atoms with van der Waals surface area (Å²) in [6.07, 6.45) is 0. The number of aromatic nitrogens is 1. The van der Waals surface area contributed by atoms with Crippen LogP contribution in [-0.4, -0.2) is 16.6 Å². The highest BCUT2D eigenvalue weighted by molar-refractivity contribution is 7.99. The van der Waals surface area contributed by atoms with E-state index in [1.54, 1.807) is 23.9 Å². The Balaban J connectivity index is 1.81. The lowest BCUT2D eigenvalue weighted by Crippen LogP contribution is -2.11. The van der Waals surface area contributed by atoms with Crippen molar-refractivity contribution in [2.75, 3.05) is 11.1 Å². The number of thioether (sulfide) groups is 1. The smallest absolute Gasteiger partial charge is 0.257 e. The Morgan fingerprint density at radius 3 is 3.00 bits per heavy atom. The molecule has 0 saturated carbocycles. The van der Waals surface area contributed by atoms with Gasteiger partial charge in [-0.1, -0.05) is 24.3 Å². The van der Waals surface area contributed by atoms with E-state index < -0.39 is 0 Å². The second kappa shape index (κ2) is 6.46. The highest BCUT2D eigenvalue weighted by Gasteiger charge is 2.11. The van der Waals surface area contributed by atoms with Gasteiger partial charge in [0.2, 0.25) is 0 Å². The molecule has 6 heteroatoms. The van der Waals surface area contributed by atoms with Crippen molar-refractivity contribution < 1.29 is 9.18 Å². The summed E-state index contributed by atoms with van der Waals surface area (Å²) in [6, 6.07) is 11.8. The maximum atomic E-state index is 13.2. The predicted octanol–water partition coefficient (Wildman–Crippen LogP) is 4.80. The molecule has 3 aromatic rings. The van der Waals surface area contributed by atoms with Crippen LogP contribution >= 0.6 is 23.1 Å². The van der Waals surface area contributed by atoms with Crippen LogP contribution in [0.1, 0.15) is 17.3 Å². The molecule has 3 nitrogen and oxygen atoms in total. The minimum Gasteiger partial charge on any atom is -0.298 e. The summed E-state index contributed by atoms with van der Waals surface area (Å²) in [6.45, 7) is 2.07. The Morgan fingerprint density at radius 2 is 2.18 bits per heavy atom. The first-order chi connectivity index (χ1) is 10.7. The van der Waals surface area contributed by atoms with E-state index in [1.165, 1.54) is 23.5 Å². The number of anilines is 1. The molecule has 0 bridgehead atoms. The molecule has 0 unspecified atom stereocenters. The summed E-state index contributed by atoms with van der Waals surface area (Å²) >= 11 is 2.94. The third kappa shape index (κ3) is 3.28. The zero-order valence-corrected chi connectivity index (χ0v) is 13.4. The predicted molar refractivity (Wildman–Crippen MR) is 90.4 cm³/mol. The number of halogens is 1. The number of rotatable bonds is 4. The summed E-state index contributed by atoms with van der Waals surface area (Å²) < 4.78 is 13.9. The quantitative estimate of drug-likeness (QED) is 0.698. The summed E-state index contributed by atoms with van der Waals surface area (Å²) in [5.74, 6) is 0.436. The fourth-order valence-corrected chi connectivity index (χ4v) is 3.62. The number of benzene rings is 2. The average Bonchev–Trinajstić information content (AvgIpc) is 2.89. The van der Waals surface area contributed by atoms with Crippen LogP contribution in [-0.2, 0) is 0 Å². The van der Waals surface area contributed by atoms with E-state index in [4.69, 9.17) is 0 Å². The number of amides is 1. The van der Waals surface area contributed by atoms with Gasteiger partial charge in [0.15, 0.2) is 5.13 Å². The number of nitrogens with one attached hydrogen (secondary N) is 1. The summed E-state index contributed by atoms with van der Waals surface area (Å²) in [5, 5.41) is 3.24. The van der Waals surface area contributed by atoms with Crippen LogP contribution in [0.5, 0.6) is 0 Å². The Bertz CT molecular complexity index is 832. The second-order valence-electron chi connectivity index (χ2n) is 4.55. The van der Waals surface area contributed by atoms with E-state index in [0.717, 1.165) is 10.6 Å². The van der Waals surface area contributed by atoms with Gasteiger partial charge in [-0.25, -0.2) is 9.37 Å². The minimum absolute atomic E-state index is 0.210. The van der Waals surface area contributed by atoms with Crippen molar-refractivity contribution in [3.63, 3.8) is 0 Å². The summed E-state index contributed by atoms with van der Waals surface area (Å²) in [7, 11) is 0. The fraction of sp³-hybridized carbons (Fsp3) is 0.125. The first-order valence-electron chi connectivity index (χ1n) is 6.76. The van der Waals surface area contributed by atoms with Crippen LogP contribution in [0.25, 0.3) is 10.2 Å². The van der Waals surface area contributed by atoms with Gasteiger partial charge in [0.25, 0.3) is 5.91 Å². The molecule has 22 heavy (non-hydrogen) atoms. The topological polar surface area (TPSA) is 42.0 Å². The molecule has 0 fully saturated rings. The molecule has 2 aromatic carbocycles. The Morgan fingerprint density at radius 1 is 1.32 bits per heavy atom. The maximum Gasteiger partial charge on any atom is 0.257 e. The van der Waals surface area contributed by atoms with Crippen molar-refractivity contribution in [3.05, 3.63) is 53.8 Å². The maximum absolute atomic E-state index is 13.2. The number of thiazole rings is 1. The van der Waals surface area contributed by atoms with E-state index in [9.17, 15) is 9.18 Å². The van der Waals surface area contributed by atoms with Crippen LogP contribution in [0.4, 0.5) is 9.52 Å². The van der Waals surface area contributed by atoms with E-state index in [1.807, 2.05) is 18.2 Å². The second-order valence-corrected chi connectivity index (χ2v) is 6.91. The van der Waals surface area contributed by atoms with Crippen LogP contribution < -0.4 is 5.32 Å². The number of hydrogen-bond donors (Lipinski definition) is 1. The van der Waals surface area contributed by atoms with Crippen molar-refractivity contribution in [2.24, 2.45) is 0 Å². The number of nitrogens with zero attached hydrogens (tertiary/aromatic N) is 1. The van der Waals surface area contributed by atoms with Crippen LogP contribution in [0.15, 0.2) is 47.4 Å². The Hall–Kier alpha value is -1.92. The van der Waals surface area contributed by atoms with Gasteiger partial charge in [-0.15, -0.1) is 11.8 Å². The molecule has 112 valence electrons. The highest BCUT2D eigenvalue weighted by atomic mass is 32.2. The van der Waals surface area contributed by atoms with Gasteiger partial charge in [-0.2, -0.15) is 0 Å². The molecule has 0 atom stereocenters. The molecule has 0 aliphatic heterocycles. The van der Waals surface area contributed by atoms with Crippen molar-refractivity contribution in [1.29, 1.82) is 0 Å². The molecule has 1 N–H and O–H groups in total. The molecule has 3 rings (SSSR count). The van der Waals surface area contributed by atoms with Gasteiger partial charge >= 0.3 is 0 Å². The molecule has 0 aliphatic rings. The fourth-order valence-electron chi connectivity index (χ4n) is 2.01. The highest BCUT2D eigenvalue weighted by Crippen LogP contribution is 2.27. The van der Waals surface area contributed by atoms with Crippen molar-refractivity contribution >= 4 is 44.4 Å². The average molecular weight is 332 g/mol. The number of carbonyl (C=O) groups is 1. The van der Waals surface area contributed by atoms with Gasteiger partial charge in [-0.05, 0) is 42.2 Å². The van der Waals surface area contributed by atoms with E-state index >= 15 is 0 Å². The van der Waals surface area contributed by atoms with Crippen molar-refractivity contribution in [2.45, 2.75) is 11.8 Å². The summed E-state index contributed by atoms with van der Waals surface area (Å²) in [5.41, 5.74) is 1.26. The first-order valence-corrected chi connectivity index (χ1v) is 8.56.